The van der Waals surface area contributed by atoms with Crippen molar-refractivity contribution >= 4 is 39.1 Å². The summed E-state index contributed by atoms with van der Waals surface area (Å²) in [5.74, 6) is -1.63. The molecule has 0 saturated carbocycles. The number of hydrogen-bond donors (Lipinski definition) is 1. The summed E-state index contributed by atoms with van der Waals surface area (Å²) in [6.45, 7) is 3.64. The smallest absolute Gasteiger partial charge is 0.264 e. The summed E-state index contributed by atoms with van der Waals surface area (Å²) in [6, 6.07) is 19.4. The monoisotopic (exact) mass is 559 g/mol. The average molecular weight is 560 g/mol. The van der Waals surface area contributed by atoms with Crippen LogP contribution in [0.15, 0.2) is 83.8 Å². The van der Waals surface area contributed by atoms with Crippen LogP contribution < -0.4 is 9.62 Å². The van der Waals surface area contributed by atoms with Crippen molar-refractivity contribution < 1.29 is 22.4 Å². The minimum Gasteiger partial charge on any atom is -0.354 e. The van der Waals surface area contributed by atoms with Gasteiger partial charge in [0, 0.05) is 13.1 Å². The molecule has 1 N–H and O–H groups in total. The summed E-state index contributed by atoms with van der Waals surface area (Å²) in [4.78, 5) is 28.2. The van der Waals surface area contributed by atoms with Crippen LogP contribution in [-0.2, 0) is 26.2 Å². The van der Waals surface area contributed by atoms with Gasteiger partial charge < -0.3 is 10.2 Å². The molecule has 3 rings (SSSR count). The number of carbonyl (C=O) groups excluding carboxylic acids is 2. The maximum Gasteiger partial charge on any atom is 0.264 e. The van der Waals surface area contributed by atoms with E-state index >= 15 is 0 Å². The fraction of sp³-hybridized carbons (Fsp3) is 0.286. The highest BCUT2D eigenvalue weighted by atomic mass is 35.5. The minimum atomic E-state index is -4.25. The van der Waals surface area contributed by atoms with Crippen LogP contribution in [0.5, 0.6) is 0 Å². The number of hydrogen-bond acceptors (Lipinski definition) is 4. The zero-order chi connectivity index (χ0) is 27.7. The number of halogens is 2. The van der Waals surface area contributed by atoms with E-state index in [-0.39, 0.29) is 28.1 Å². The third-order valence-corrected chi connectivity index (χ3v) is 8.01. The molecule has 0 radical (unpaired) electrons. The van der Waals surface area contributed by atoms with E-state index in [1.165, 1.54) is 23.1 Å². The van der Waals surface area contributed by atoms with Gasteiger partial charge in [0.2, 0.25) is 11.8 Å². The van der Waals surface area contributed by atoms with Gasteiger partial charge in [0.05, 0.1) is 15.6 Å². The second kappa shape index (κ2) is 13.4. The summed E-state index contributed by atoms with van der Waals surface area (Å²) >= 11 is 5.98. The molecule has 1 atom stereocenters. The fourth-order valence-corrected chi connectivity index (χ4v) is 5.56. The molecule has 0 heterocycles. The Kier molecular flexibility index (Phi) is 10.3. The molecule has 0 aromatic heterocycles. The molecule has 0 bridgehead atoms. The molecule has 0 saturated heterocycles. The molecule has 0 aliphatic rings. The Bertz CT molecular complexity index is 1340. The summed E-state index contributed by atoms with van der Waals surface area (Å²) in [5, 5.41) is 2.55. The van der Waals surface area contributed by atoms with Gasteiger partial charge in [0.1, 0.15) is 18.4 Å². The van der Waals surface area contributed by atoms with Crippen LogP contribution >= 0.6 is 11.6 Å². The van der Waals surface area contributed by atoms with E-state index in [9.17, 15) is 22.4 Å². The van der Waals surface area contributed by atoms with E-state index in [1.54, 1.807) is 25.1 Å². The van der Waals surface area contributed by atoms with Crippen molar-refractivity contribution in [3.8, 4) is 0 Å². The third-order valence-electron chi connectivity index (χ3n) is 5.93. The van der Waals surface area contributed by atoms with Crippen molar-refractivity contribution in [2.24, 2.45) is 0 Å². The summed E-state index contributed by atoms with van der Waals surface area (Å²) in [7, 11) is -4.25. The highest BCUT2D eigenvalue weighted by Gasteiger charge is 2.33. The first-order valence-electron chi connectivity index (χ1n) is 12.3. The van der Waals surface area contributed by atoms with Gasteiger partial charge in [-0.3, -0.25) is 13.9 Å². The largest absolute Gasteiger partial charge is 0.354 e. The number of benzene rings is 3. The van der Waals surface area contributed by atoms with Crippen LogP contribution in [0, 0.1) is 5.82 Å². The van der Waals surface area contributed by atoms with Gasteiger partial charge in [0.15, 0.2) is 0 Å². The molecule has 0 aliphatic carbocycles. The topological polar surface area (TPSA) is 86.8 Å². The fourth-order valence-electron chi connectivity index (χ4n) is 3.95. The van der Waals surface area contributed by atoms with E-state index in [0.717, 1.165) is 28.4 Å². The molecule has 0 fully saturated rings. The number of carbonyl (C=O) groups is 2. The molecule has 7 nitrogen and oxygen atoms in total. The van der Waals surface area contributed by atoms with E-state index in [4.69, 9.17) is 11.6 Å². The lowest BCUT2D eigenvalue weighted by atomic mass is 10.1. The van der Waals surface area contributed by atoms with Gasteiger partial charge >= 0.3 is 0 Å². The lowest BCUT2D eigenvalue weighted by Gasteiger charge is -2.33. The maximum absolute atomic E-state index is 13.9. The van der Waals surface area contributed by atoms with E-state index < -0.39 is 34.3 Å². The van der Waals surface area contributed by atoms with Crippen molar-refractivity contribution in [2.75, 3.05) is 17.4 Å². The van der Waals surface area contributed by atoms with Crippen LogP contribution in [-0.4, -0.2) is 44.3 Å². The van der Waals surface area contributed by atoms with Crippen molar-refractivity contribution in [1.29, 1.82) is 0 Å². The number of amides is 2. The highest BCUT2D eigenvalue weighted by molar-refractivity contribution is 7.92. The van der Waals surface area contributed by atoms with Crippen LogP contribution in [0.4, 0.5) is 10.1 Å². The summed E-state index contributed by atoms with van der Waals surface area (Å²) in [5.41, 5.74) is 0.807. The molecular weight excluding hydrogens is 529 g/mol. The Morgan fingerprint density at radius 2 is 1.61 bits per heavy atom. The van der Waals surface area contributed by atoms with Gasteiger partial charge in [-0.15, -0.1) is 0 Å². The van der Waals surface area contributed by atoms with Gasteiger partial charge in [-0.2, -0.15) is 0 Å². The Morgan fingerprint density at radius 3 is 2.18 bits per heavy atom. The van der Waals surface area contributed by atoms with Crippen molar-refractivity contribution in [3.63, 3.8) is 0 Å². The summed E-state index contributed by atoms with van der Waals surface area (Å²) in [6.07, 6.45) is 1.05. The van der Waals surface area contributed by atoms with Gasteiger partial charge in [-0.1, -0.05) is 74.0 Å². The van der Waals surface area contributed by atoms with Gasteiger partial charge in [-0.05, 0) is 48.7 Å². The number of rotatable bonds is 12. The average Bonchev–Trinajstić information content (AvgIpc) is 2.92. The zero-order valence-corrected chi connectivity index (χ0v) is 22.9. The molecule has 3 aromatic carbocycles. The predicted octanol–water partition coefficient (Wildman–Crippen LogP) is 5.01. The van der Waals surface area contributed by atoms with Crippen molar-refractivity contribution in [1.82, 2.24) is 10.2 Å². The standard InChI is InChI=1S/C28H31ClFN3O4S/c1-3-17-31-28(35)26(4-2)32(19-21-11-7-5-8-12-21)27(34)20-33(22-15-16-25(30)24(29)18-22)38(36,37)23-13-9-6-10-14-23/h5-16,18,26H,3-4,17,19-20H2,1-2H3,(H,31,35)/t26-/m0/s1. The minimum absolute atomic E-state index is 0.0248. The molecule has 202 valence electrons. The number of sulfonamides is 1. The zero-order valence-electron chi connectivity index (χ0n) is 21.3. The Hall–Kier alpha value is -3.43. The Labute approximate surface area is 228 Å². The third kappa shape index (κ3) is 7.11. The number of anilines is 1. The molecule has 38 heavy (non-hydrogen) atoms. The van der Waals surface area contributed by atoms with Gasteiger partial charge in [-0.25, -0.2) is 12.8 Å². The quantitative estimate of drug-likeness (QED) is 0.338. The van der Waals surface area contributed by atoms with Crippen LogP contribution in [0.3, 0.4) is 0 Å². The first-order valence-corrected chi connectivity index (χ1v) is 14.1. The van der Waals surface area contributed by atoms with Crippen LogP contribution in [0.2, 0.25) is 5.02 Å². The van der Waals surface area contributed by atoms with Crippen molar-refractivity contribution in [3.05, 3.63) is 95.3 Å². The molecular formula is C28H31ClFN3O4S. The Morgan fingerprint density at radius 1 is 0.974 bits per heavy atom. The molecule has 3 aromatic rings. The molecule has 0 unspecified atom stereocenters. The number of nitrogens with zero attached hydrogens (tertiary/aromatic N) is 2. The highest BCUT2D eigenvalue weighted by Crippen LogP contribution is 2.28. The van der Waals surface area contributed by atoms with E-state index in [1.807, 2.05) is 37.3 Å². The maximum atomic E-state index is 13.9. The van der Waals surface area contributed by atoms with Gasteiger partial charge in [0.25, 0.3) is 10.0 Å². The number of nitrogens with one attached hydrogen (secondary N) is 1. The van der Waals surface area contributed by atoms with Crippen molar-refractivity contribution in [2.45, 2.75) is 44.2 Å². The second-order valence-corrected chi connectivity index (χ2v) is 10.9. The molecule has 2 amide bonds. The SMILES string of the molecule is CCCNC(=O)[C@H](CC)N(Cc1ccccc1)C(=O)CN(c1ccc(F)c(Cl)c1)S(=O)(=O)c1ccccc1. The molecule has 0 spiro atoms. The second-order valence-electron chi connectivity index (χ2n) is 8.65. The van der Waals surface area contributed by atoms with E-state index in [2.05, 4.69) is 5.32 Å². The lowest BCUT2D eigenvalue weighted by molar-refractivity contribution is -0.140. The first-order chi connectivity index (χ1) is 18.2. The predicted molar refractivity (Wildman–Crippen MR) is 147 cm³/mol. The summed E-state index contributed by atoms with van der Waals surface area (Å²) < 4.78 is 42.2. The molecule has 10 heteroatoms. The normalized spacial score (nSPS) is 12.0. The first kappa shape index (κ1) is 29.1. The Balaban J connectivity index is 2.05. The van der Waals surface area contributed by atoms with Crippen LogP contribution in [0.25, 0.3) is 0 Å². The molecule has 0 aliphatic heterocycles. The lowest BCUT2D eigenvalue weighted by Crippen LogP contribution is -2.52. The van der Waals surface area contributed by atoms with Crippen LogP contribution in [0.1, 0.15) is 32.3 Å². The van der Waals surface area contributed by atoms with E-state index in [0.29, 0.717) is 13.0 Å².